The molecule has 1 fully saturated rings. The van der Waals surface area contributed by atoms with E-state index in [9.17, 15) is 4.79 Å². The number of carbonyl (C=O) groups excluding carboxylic acids is 1. The number of hydrogen-bond acceptors (Lipinski definition) is 4. The summed E-state index contributed by atoms with van der Waals surface area (Å²) in [5.74, 6) is 6.26. The van der Waals surface area contributed by atoms with Gasteiger partial charge in [0, 0.05) is 15.8 Å². The Hall–Kier alpha value is -2.72. The molecule has 4 nitrogen and oxygen atoms in total. The largest absolute Gasteiger partial charge is 0.335 e. The van der Waals surface area contributed by atoms with Crippen LogP contribution in [0.1, 0.15) is 33.6 Å². The second kappa shape index (κ2) is 7.12. The van der Waals surface area contributed by atoms with E-state index in [0.717, 1.165) is 34.1 Å². The Kier molecular flexibility index (Phi) is 4.66. The number of hydrogen-bond donors (Lipinski definition) is 3. The number of nitrogens with one attached hydrogen (secondary N) is 2. The molecule has 1 aliphatic rings. The fraction of sp³-hybridized carbons (Fsp3) is 0.143. The molecular weight excluding hydrogens is 376 g/mol. The zero-order chi connectivity index (χ0) is 18.9. The van der Waals surface area contributed by atoms with Gasteiger partial charge in [-0.25, -0.2) is 0 Å². The van der Waals surface area contributed by atoms with Gasteiger partial charge in [-0.3, -0.25) is 15.5 Å². The van der Waals surface area contributed by atoms with Crippen molar-refractivity contribution in [2.24, 2.45) is 0 Å². The van der Waals surface area contributed by atoms with Gasteiger partial charge in [0.25, 0.3) is 5.91 Å². The monoisotopic (exact) mass is 392 g/mol. The van der Waals surface area contributed by atoms with Crippen LogP contribution in [0.15, 0.2) is 54.6 Å². The molecule has 1 saturated carbocycles. The van der Waals surface area contributed by atoms with E-state index in [0.29, 0.717) is 4.88 Å². The van der Waals surface area contributed by atoms with Gasteiger partial charge >= 0.3 is 0 Å². The van der Waals surface area contributed by atoms with Crippen LogP contribution in [0.4, 0.5) is 0 Å². The van der Waals surface area contributed by atoms with Crippen molar-refractivity contribution in [3.63, 3.8) is 0 Å². The van der Waals surface area contributed by atoms with E-state index in [4.69, 9.17) is 17.4 Å². The molecule has 3 N–H and O–H groups in total. The Bertz CT molecular complexity index is 1050. The summed E-state index contributed by atoms with van der Waals surface area (Å²) in [4.78, 5) is 13.6. The van der Waals surface area contributed by atoms with Crippen LogP contribution >= 0.6 is 23.6 Å². The summed E-state index contributed by atoms with van der Waals surface area (Å²) in [6.07, 6.45) is 1.71. The molecule has 0 atom stereocenters. The SMILES string of the molecule is O=C(NC1(C#Cc2ccc(C(=S)NO)cc2)CC1)c1cc2ccccc2s1. The number of thiocarbonyl (C=S) groups is 1. The van der Waals surface area contributed by atoms with E-state index >= 15 is 0 Å². The van der Waals surface area contributed by atoms with Crippen LogP contribution < -0.4 is 10.8 Å². The molecular formula is C21H16N2O2S2. The molecule has 27 heavy (non-hydrogen) atoms. The number of amides is 1. The fourth-order valence-corrected chi connectivity index (χ4v) is 3.83. The highest BCUT2D eigenvalue weighted by Crippen LogP contribution is 2.36. The summed E-state index contributed by atoms with van der Waals surface area (Å²) in [5.41, 5.74) is 3.08. The maximum Gasteiger partial charge on any atom is 0.262 e. The molecule has 1 aromatic heterocycles. The van der Waals surface area contributed by atoms with Crippen molar-refractivity contribution >= 4 is 44.5 Å². The number of thiophene rings is 1. The highest BCUT2D eigenvalue weighted by atomic mass is 32.1. The molecule has 0 saturated heterocycles. The molecule has 6 heteroatoms. The standard InChI is InChI=1S/C21H16N2O2S2/c24-19(18-13-16-3-1-2-4-17(16)27-18)22-21(11-12-21)10-9-14-5-7-15(8-6-14)20(26)23-25/h1-8,13,25H,11-12H2,(H,22,24)(H,23,26). The van der Waals surface area contributed by atoms with Gasteiger partial charge < -0.3 is 5.32 Å². The van der Waals surface area contributed by atoms with Crippen LogP contribution in [-0.4, -0.2) is 21.6 Å². The molecule has 0 aliphatic heterocycles. The van der Waals surface area contributed by atoms with E-state index < -0.39 is 5.54 Å². The first-order valence-corrected chi connectivity index (χ1v) is 9.70. The van der Waals surface area contributed by atoms with Crippen molar-refractivity contribution in [1.29, 1.82) is 0 Å². The van der Waals surface area contributed by atoms with Crippen molar-refractivity contribution in [3.05, 3.63) is 70.6 Å². The third kappa shape index (κ3) is 3.86. The number of fused-ring (bicyclic) bond motifs is 1. The van der Waals surface area contributed by atoms with Gasteiger partial charge in [-0.05, 0) is 42.5 Å². The molecule has 0 bridgehead atoms. The second-order valence-corrected chi connectivity index (χ2v) is 7.95. The lowest BCUT2D eigenvalue weighted by Gasteiger charge is -2.09. The highest BCUT2D eigenvalue weighted by Gasteiger charge is 2.43. The first-order valence-electron chi connectivity index (χ1n) is 8.47. The van der Waals surface area contributed by atoms with Crippen molar-refractivity contribution in [2.45, 2.75) is 18.4 Å². The number of rotatable bonds is 3. The zero-order valence-corrected chi connectivity index (χ0v) is 15.9. The molecule has 0 spiro atoms. The van der Waals surface area contributed by atoms with Crippen molar-refractivity contribution < 1.29 is 10.0 Å². The minimum Gasteiger partial charge on any atom is -0.335 e. The number of benzene rings is 2. The Morgan fingerprint density at radius 1 is 1.15 bits per heavy atom. The molecule has 134 valence electrons. The normalized spacial score (nSPS) is 14.1. The van der Waals surface area contributed by atoms with E-state index in [1.807, 2.05) is 47.9 Å². The molecule has 0 radical (unpaired) electrons. The third-order valence-electron chi connectivity index (χ3n) is 4.45. The van der Waals surface area contributed by atoms with Gasteiger partial charge in [0.15, 0.2) is 0 Å². The van der Waals surface area contributed by atoms with Gasteiger partial charge in [0.05, 0.1) is 4.88 Å². The summed E-state index contributed by atoms with van der Waals surface area (Å²) in [7, 11) is 0. The van der Waals surface area contributed by atoms with Crippen LogP contribution in [0, 0.1) is 11.8 Å². The lowest BCUT2D eigenvalue weighted by molar-refractivity contribution is 0.0946. The smallest absolute Gasteiger partial charge is 0.262 e. The first-order chi connectivity index (χ1) is 13.1. The molecule has 4 rings (SSSR count). The maximum atomic E-state index is 12.6. The summed E-state index contributed by atoms with van der Waals surface area (Å²) in [5, 5.41) is 13.0. The summed E-state index contributed by atoms with van der Waals surface area (Å²) in [6, 6.07) is 17.2. The molecule has 0 unspecified atom stereocenters. The molecule has 1 heterocycles. The van der Waals surface area contributed by atoms with E-state index in [2.05, 4.69) is 17.2 Å². The van der Waals surface area contributed by atoms with E-state index in [1.54, 1.807) is 12.1 Å². The Morgan fingerprint density at radius 3 is 2.56 bits per heavy atom. The van der Waals surface area contributed by atoms with Crippen LogP contribution in [-0.2, 0) is 0 Å². The van der Waals surface area contributed by atoms with E-state index in [1.165, 1.54) is 11.3 Å². The van der Waals surface area contributed by atoms with Crippen molar-refractivity contribution in [1.82, 2.24) is 10.8 Å². The van der Waals surface area contributed by atoms with Crippen molar-refractivity contribution in [2.75, 3.05) is 0 Å². The van der Waals surface area contributed by atoms with Crippen LogP contribution in [0.3, 0.4) is 0 Å². The summed E-state index contributed by atoms with van der Waals surface area (Å²) < 4.78 is 1.11. The van der Waals surface area contributed by atoms with Gasteiger partial charge in [-0.15, -0.1) is 11.3 Å². The molecule has 1 aliphatic carbocycles. The number of carbonyl (C=O) groups is 1. The Morgan fingerprint density at radius 2 is 1.89 bits per heavy atom. The quantitative estimate of drug-likeness (QED) is 0.360. The highest BCUT2D eigenvalue weighted by molar-refractivity contribution is 7.80. The summed E-state index contributed by atoms with van der Waals surface area (Å²) >= 11 is 6.47. The molecule has 1 amide bonds. The topological polar surface area (TPSA) is 61.4 Å². The Labute approximate surface area is 166 Å². The maximum absolute atomic E-state index is 12.6. The van der Waals surface area contributed by atoms with E-state index in [-0.39, 0.29) is 10.9 Å². The predicted octanol–water partition coefficient (Wildman–Crippen LogP) is 3.87. The second-order valence-electron chi connectivity index (χ2n) is 6.45. The minimum absolute atomic E-state index is 0.0716. The van der Waals surface area contributed by atoms with Crippen LogP contribution in [0.2, 0.25) is 0 Å². The summed E-state index contributed by atoms with van der Waals surface area (Å²) in [6.45, 7) is 0. The average Bonchev–Trinajstić information content (AvgIpc) is 3.32. The minimum atomic E-state index is -0.437. The number of hydroxylamine groups is 1. The van der Waals surface area contributed by atoms with Gasteiger partial charge in [-0.1, -0.05) is 54.4 Å². The zero-order valence-electron chi connectivity index (χ0n) is 14.3. The average molecular weight is 393 g/mol. The predicted molar refractivity (Wildman–Crippen MR) is 111 cm³/mol. The molecule has 2 aromatic carbocycles. The first kappa shape index (κ1) is 17.7. The van der Waals surface area contributed by atoms with Gasteiger partial charge in [0.2, 0.25) is 0 Å². The lowest BCUT2D eigenvalue weighted by atomic mass is 10.1. The fourth-order valence-electron chi connectivity index (χ4n) is 2.74. The van der Waals surface area contributed by atoms with Crippen LogP contribution in [0.25, 0.3) is 10.1 Å². The molecule has 3 aromatic rings. The lowest BCUT2D eigenvalue weighted by Crippen LogP contribution is -2.35. The van der Waals surface area contributed by atoms with Crippen molar-refractivity contribution in [3.8, 4) is 11.8 Å². The van der Waals surface area contributed by atoms with Gasteiger partial charge in [0.1, 0.15) is 10.5 Å². The van der Waals surface area contributed by atoms with Gasteiger partial charge in [-0.2, -0.15) is 0 Å². The Balaban J connectivity index is 1.47. The van der Waals surface area contributed by atoms with Crippen LogP contribution in [0.5, 0.6) is 0 Å². The third-order valence-corrected chi connectivity index (χ3v) is 5.89.